The van der Waals surface area contributed by atoms with Gasteiger partial charge < -0.3 is 5.32 Å². The number of carbonyl (C=O) groups excluding carboxylic acids is 1. The maximum atomic E-state index is 11.6. The Morgan fingerprint density at radius 2 is 2.00 bits per heavy atom. The standard InChI is InChI=1S/C10H15ClN4O3S/c1-7-13-9(11)8(6-16)10(14-7)12-4-5-19(17,18)15(2)3/h6H,4-5H2,1-3H3,(H,12,13,14). The summed E-state index contributed by atoms with van der Waals surface area (Å²) in [5.74, 6) is 0.522. The van der Waals surface area contributed by atoms with Gasteiger partial charge >= 0.3 is 0 Å². The number of aryl methyl sites for hydroxylation is 1. The smallest absolute Gasteiger partial charge is 0.215 e. The van der Waals surface area contributed by atoms with Crippen molar-refractivity contribution in [3.8, 4) is 0 Å². The lowest BCUT2D eigenvalue weighted by atomic mass is 10.3. The van der Waals surface area contributed by atoms with E-state index in [4.69, 9.17) is 11.6 Å². The molecule has 0 aliphatic heterocycles. The maximum absolute atomic E-state index is 11.6. The van der Waals surface area contributed by atoms with E-state index in [2.05, 4.69) is 15.3 Å². The van der Waals surface area contributed by atoms with Gasteiger partial charge in [-0.2, -0.15) is 0 Å². The Balaban J connectivity index is 2.82. The summed E-state index contributed by atoms with van der Waals surface area (Å²) in [6, 6.07) is 0. The van der Waals surface area contributed by atoms with Gasteiger partial charge in [-0.25, -0.2) is 22.7 Å². The molecule has 0 saturated heterocycles. The quantitative estimate of drug-likeness (QED) is 0.609. The van der Waals surface area contributed by atoms with Gasteiger partial charge in [0.2, 0.25) is 10.0 Å². The van der Waals surface area contributed by atoms with Crippen LogP contribution in [0.2, 0.25) is 5.15 Å². The molecule has 0 bridgehead atoms. The summed E-state index contributed by atoms with van der Waals surface area (Å²) < 4.78 is 24.3. The summed E-state index contributed by atoms with van der Waals surface area (Å²) >= 11 is 5.81. The first kappa shape index (κ1) is 15.8. The fourth-order valence-electron chi connectivity index (χ4n) is 1.27. The van der Waals surface area contributed by atoms with Crippen LogP contribution in [0.3, 0.4) is 0 Å². The Morgan fingerprint density at radius 1 is 1.37 bits per heavy atom. The Kier molecular flexibility index (Phi) is 5.21. The molecule has 106 valence electrons. The molecule has 0 amide bonds. The van der Waals surface area contributed by atoms with Gasteiger partial charge in [0.15, 0.2) is 6.29 Å². The summed E-state index contributed by atoms with van der Waals surface area (Å²) in [5.41, 5.74) is 0.120. The minimum Gasteiger partial charge on any atom is -0.368 e. The summed E-state index contributed by atoms with van der Waals surface area (Å²) in [6.45, 7) is 1.75. The molecular formula is C10H15ClN4O3S. The van der Waals surface area contributed by atoms with Gasteiger partial charge in [-0.1, -0.05) is 11.6 Å². The van der Waals surface area contributed by atoms with Crippen LogP contribution in [0, 0.1) is 6.92 Å². The molecule has 0 atom stereocenters. The number of hydrogen-bond acceptors (Lipinski definition) is 6. The van der Waals surface area contributed by atoms with Crippen LogP contribution in [-0.2, 0) is 10.0 Å². The van der Waals surface area contributed by atoms with Crippen molar-refractivity contribution in [3.63, 3.8) is 0 Å². The van der Waals surface area contributed by atoms with Crippen molar-refractivity contribution in [1.82, 2.24) is 14.3 Å². The summed E-state index contributed by atoms with van der Waals surface area (Å²) in [5, 5.41) is 2.83. The van der Waals surface area contributed by atoms with Crippen LogP contribution < -0.4 is 5.32 Å². The van der Waals surface area contributed by atoms with E-state index in [1.165, 1.54) is 14.1 Å². The monoisotopic (exact) mass is 306 g/mol. The zero-order valence-electron chi connectivity index (χ0n) is 10.8. The van der Waals surface area contributed by atoms with Gasteiger partial charge in [-0.05, 0) is 6.92 Å². The van der Waals surface area contributed by atoms with Crippen LogP contribution in [0.15, 0.2) is 0 Å². The predicted octanol–water partition coefficient (Wildman–Crippen LogP) is 0.554. The van der Waals surface area contributed by atoms with Gasteiger partial charge in [0.25, 0.3) is 0 Å². The summed E-state index contributed by atoms with van der Waals surface area (Å²) in [6.07, 6.45) is 0.532. The fourth-order valence-corrected chi connectivity index (χ4v) is 2.25. The number of anilines is 1. The summed E-state index contributed by atoms with van der Waals surface area (Å²) in [4.78, 5) is 18.8. The zero-order valence-corrected chi connectivity index (χ0v) is 12.4. The molecule has 1 aromatic rings. The van der Waals surface area contributed by atoms with Gasteiger partial charge in [-0.3, -0.25) is 4.79 Å². The molecule has 0 saturated carbocycles. The van der Waals surface area contributed by atoms with E-state index >= 15 is 0 Å². The highest BCUT2D eigenvalue weighted by molar-refractivity contribution is 7.89. The second kappa shape index (κ2) is 6.27. The number of nitrogens with zero attached hydrogens (tertiary/aromatic N) is 3. The lowest BCUT2D eigenvalue weighted by molar-refractivity contribution is 0.112. The van der Waals surface area contributed by atoms with E-state index in [1.807, 2.05) is 0 Å². The van der Waals surface area contributed by atoms with Gasteiger partial charge in [0.05, 0.1) is 11.3 Å². The number of sulfonamides is 1. The van der Waals surface area contributed by atoms with E-state index in [9.17, 15) is 13.2 Å². The van der Waals surface area contributed by atoms with Gasteiger partial charge in [-0.15, -0.1) is 0 Å². The van der Waals surface area contributed by atoms with Crippen molar-refractivity contribution in [2.24, 2.45) is 0 Å². The second-order valence-electron chi connectivity index (χ2n) is 3.97. The minimum absolute atomic E-state index is 0.0421. The number of nitrogens with one attached hydrogen (secondary N) is 1. The highest BCUT2D eigenvalue weighted by atomic mass is 35.5. The van der Waals surface area contributed by atoms with E-state index < -0.39 is 10.0 Å². The molecule has 1 aromatic heterocycles. The van der Waals surface area contributed by atoms with Crippen LogP contribution in [0.5, 0.6) is 0 Å². The second-order valence-corrected chi connectivity index (χ2v) is 6.63. The van der Waals surface area contributed by atoms with Crippen LogP contribution in [0.4, 0.5) is 5.82 Å². The number of carbonyl (C=O) groups is 1. The molecule has 1 heterocycles. The van der Waals surface area contributed by atoms with E-state index in [-0.39, 0.29) is 28.8 Å². The largest absolute Gasteiger partial charge is 0.368 e. The average Bonchev–Trinajstić information content (AvgIpc) is 2.27. The maximum Gasteiger partial charge on any atom is 0.215 e. The molecule has 0 radical (unpaired) electrons. The molecule has 1 rings (SSSR count). The third-order valence-corrected chi connectivity index (χ3v) is 4.46. The molecule has 0 aliphatic rings. The molecule has 19 heavy (non-hydrogen) atoms. The van der Waals surface area contributed by atoms with Crippen molar-refractivity contribution in [2.75, 3.05) is 31.7 Å². The third-order valence-electron chi connectivity index (χ3n) is 2.34. The van der Waals surface area contributed by atoms with Crippen molar-refractivity contribution >= 4 is 33.7 Å². The summed E-state index contributed by atoms with van der Waals surface area (Å²) in [7, 11) is -0.390. The lowest BCUT2D eigenvalue weighted by Crippen LogP contribution is -2.28. The fraction of sp³-hybridized carbons (Fsp3) is 0.500. The number of hydrogen-bond donors (Lipinski definition) is 1. The minimum atomic E-state index is -3.30. The molecular weight excluding hydrogens is 292 g/mol. The van der Waals surface area contributed by atoms with Crippen molar-refractivity contribution < 1.29 is 13.2 Å². The van der Waals surface area contributed by atoms with E-state index in [0.717, 1.165) is 4.31 Å². The van der Waals surface area contributed by atoms with Crippen LogP contribution >= 0.6 is 11.6 Å². The highest BCUT2D eigenvalue weighted by Crippen LogP contribution is 2.18. The number of aromatic nitrogens is 2. The lowest BCUT2D eigenvalue weighted by Gasteiger charge is -2.13. The molecule has 0 aliphatic carbocycles. The first-order chi connectivity index (χ1) is 8.77. The highest BCUT2D eigenvalue weighted by Gasteiger charge is 2.15. The Labute approximate surface area is 117 Å². The number of aldehydes is 1. The van der Waals surface area contributed by atoms with E-state index in [1.54, 1.807) is 6.92 Å². The normalized spacial score (nSPS) is 11.6. The van der Waals surface area contributed by atoms with Crippen LogP contribution in [-0.4, -0.2) is 55.4 Å². The molecule has 1 N–H and O–H groups in total. The Hall–Kier alpha value is -1.25. The number of halogens is 1. The molecule has 0 aromatic carbocycles. The molecule has 7 nitrogen and oxygen atoms in total. The van der Waals surface area contributed by atoms with Gasteiger partial charge in [0.1, 0.15) is 16.8 Å². The van der Waals surface area contributed by atoms with Crippen LogP contribution in [0.1, 0.15) is 16.2 Å². The SMILES string of the molecule is Cc1nc(Cl)c(C=O)c(NCCS(=O)(=O)N(C)C)n1. The van der Waals surface area contributed by atoms with Crippen molar-refractivity contribution in [1.29, 1.82) is 0 Å². The average molecular weight is 307 g/mol. The zero-order chi connectivity index (χ0) is 14.6. The van der Waals surface area contributed by atoms with Crippen molar-refractivity contribution in [3.05, 3.63) is 16.5 Å². The number of rotatable bonds is 6. The Morgan fingerprint density at radius 3 is 2.53 bits per heavy atom. The molecule has 0 fully saturated rings. The molecule has 0 spiro atoms. The topological polar surface area (TPSA) is 92.3 Å². The predicted molar refractivity (Wildman–Crippen MR) is 73.1 cm³/mol. The Bertz CT molecular complexity index is 574. The van der Waals surface area contributed by atoms with Gasteiger partial charge in [0, 0.05) is 20.6 Å². The molecule has 0 unspecified atom stereocenters. The first-order valence-electron chi connectivity index (χ1n) is 5.41. The first-order valence-corrected chi connectivity index (χ1v) is 7.40. The van der Waals surface area contributed by atoms with Crippen molar-refractivity contribution in [2.45, 2.75) is 6.92 Å². The van der Waals surface area contributed by atoms with Crippen LogP contribution in [0.25, 0.3) is 0 Å². The third kappa shape index (κ3) is 4.12. The molecule has 9 heteroatoms. The van der Waals surface area contributed by atoms with E-state index in [0.29, 0.717) is 12.1 Å².